The number of aromatic nitrogens is 1. The molecule has 21 heavy (non-hydrogen) atoms. The van der Waals surface area contributed by atoms with Gasteiger partial charge in [0.1, 0.15) is 5.25 Å². The molecule has 1 saturated heterocycles. The number of halogens is 3. The number of ether oxygens (including phenoxy) is 1. The lowest BCUT2D eigenvalue weighted by Gasteiger charge is -2.36. The van der Waals surface area contributed by atoms with Crippen molar-refractivity contribution in [3.05, 3.63) is 23.5 Å². The number of nitrogens with zero attached hydrogens (tertiary/aromatic N) is 2. The van der Waals surface area contributed by atoms with Crippen LogP contribution in [0.3, 0.4) is 0 Å². The van der Waals surface area contributed by atoms with Crippen LogP contribution in [0, 0.1) is 6.92 Å². The summed E-state index contributed by atoms with van der Waals surface area (Å²) in [5.74, 6) is -0.370. The molecular formula is C11H13F3N2O4S. The van der Waals surface area contributed by atoms with Crippen molar-refractivity contribution in [2.75, 3.05) is 13.1 Å². The zero-order chi connectivity index (χ0) is 15.8. The summed E-state index contributed by atoms with van der Waals surface area (Å²) < 4.78 is 70.6. The third-order valence-corrected chi connectivity index (χ3v) is 4.22. The van der Waals surface area contributed by atoms with Gasteiger partial charge in [-0.2, -0.15) is 8.42 Å². The van der Waals surface area contributed by atoms with E-state index in [2.05, 4.69) is 9.72 Å². The predicted octanol–water partition coefficient (Wildman–Crippen LogP) is 1.36. The van der Waals surface area contributed by atoms with E-state index in [1.165, 1.54) is 13.0 Å². The molecule has 1 aromatic rings. The van der Waals surface area contributed by atoms with Crippen LogP contribution in [0.5, 0.6) is 5.75 Å². The first-order chi connectivity index (χ1) is 9.54. The average molecular weight is 326 g/mol. The van der Waals surface area contributed by atoms with Gasteiger partial charge < -0.3 is 4.74 Å². The van der Waals surface area contributed by atoms with Gasteiger partial charge in [-0.05, 0) is 18.6 Å². The van der Waals surface area contributed by atoms with Crippen LogP contribution in [0.2, 0.25) is 0 Å². The van der Waals surface area contributed by atoms with Crippen LogP contribution in [0.4, 0.5) is 13.2 Å². The Kier molecular flexibility index (Phi) is 4.13. The minimum atomic E-state index is -4.77. The summed E-state index contributed by atoms with van der Waals surface area (Å²) in [6.45, 7) is 2.09. The molecule has 0 unspecified atom stereocenters. The Morgan fingerprint density at radius 1 is 1.48 bits per heavy atom. The highest BCUT2D eigenvalue weighted by molar-refractivity contribution is 7.86. The van der Waals surface area contributed by atoms with Gasteiger partial charge in [-0.25, -0.2) is 0 Å². The Morgan fingerprint density at radius 3 is 2.57 bits per heavy atom. The van der Waals surface area contributed by atoms with Gasteiger partial charge in [-0.1, -0.05) is 0 Å². The molecule has 1 aromatic heterocycles. The first kappa shape index (κ1) is 16.0. The fourth-order valence-corrected chi connectivity index (χ4v) is 2.79. The summed E-state index contributed by atoms with van der Waals surface area (Å²) in [7, 11) is -4.03. The lowest BCUT2D eigenvalue weighted by atomic mass is 10.1. The van der Waals surface area contributed by atoms with E-state index in [-0.39, 0.29) is 24.4 Å². The number of rotatable bonds is 4. The van der Waals surface area contributed by atoms with Gasteiger partial charge in [0.25, 0.3) is 10.1 Å². The summed E-state index contributed by atoms with van der Waals surface area (Å²) >= 11 is 0. The van der Waals surface area contributed by atoms with Crippen molar-refractivity contribution in [1.29, 1.82) is 0 Å². The van der Waals surface area contributed by atoms with Gasteiger partial charge in [0.2, 0.25) is 0 Å². The third kappa shape index (κ3) is 4.29. The quantitative estimate of drug-likeness (QED) is 0.842. The normalized spacial score (nSPS) is 17.6. The lowest BCUT2D eigenvalue weighted by molar-refractivity contribution is -0.275. The molecule has 1 aliphatic heterocycles. The summed E-state index contributed by atoms with van der Waals surface area (Å²) in [5, 5.41) is -0.813. The Labute approximate surface area is 119 Å². The first-order valence-electron chi connectivity index (χ1n) is 5.94. The van der Waals surface area contributed by atoms with E-state index in [4.69, 9.17) is 4.55 Å². The largest absolute Gasteiger partial charge is 0.573 e. The molecule has 2 heterocycles. The fraction of sp³-hybridized carbons (Fsp3) is 0.545. The van der Waals surface area contributed by atoms with Gasteiger partial charge in [-0.3, -0.25) is 14.4 Å². The summed E-state index contributed by atoms with van der Waals surface area (Å²) in [4.78, 5) is 5.57. The summed E-state index contributed by atoms with van der Waals surface area (Å²) in [5.41, 5.74) is 0.778. The topological polar surface area (TPSA) is 79.7 Å². The third-order valence-electron chi connectivity index (χ3n) is 3.08. The van der Waals surface area contributed by atoms with E-state index in [9.17, 15) is 21.6 Å². The van der Waals surface area contributed by atoms with Crippen molar-refractivity contribution in [1.82, 2.24) is 9.88 Å². The van der Waals surface area contributed by atoms with E-state index in [0.717, 1.165) is 6.20 Å². The molecule has 0 bridgehead atoms. The Hall–Kier alpha value is -1.39. The van der Waals surface area contributed by atoms with Crippen molar-refractivity contribution >= 4 is 10.1 Å². The van der Waals surface area contributed by atoms with Crippen molar-refractivity contribution < 1.29 is 30.9 Å². The van der Waals surface area contributed by atoms with E-state index in [1.54, 1.807) is 4.90 Å². The maximum atomic E-state index is 12.1. The molecule has 1 aliphatic rings. The highest BCUT2D eigenvalue weighted by atomic mass is 32.2. The van der Waals surface area contributed by atoms with Crippen LogP contribution in [0.25, 0.3) is 0 Å². The molecule has 118 valence electrons. The first-order valence-corrected chi connectivity index (χ1v) is 7.45. The van der Waals surface area contributed by atoms with Crippen molar-refractivity contribution in [3.8, 4) is 5.75 Å². The highest BCUT2D eigenvalue weighted by Gasteiger charge is 2.36. The maximum absolute atomic E-state index is 12.1. The molecule has 10 heteroatoms. The van der Waals surface area contributed by atoms with Gasteiger partial charge in [0.05, 0.1) is 11.9 Å². The molecule has 0 aromatic carbocycles. The zero-order valence-corrected chi connectivity index (χ0v) is 11.8. The second-order valence-electron chi connectivity index (χ2n) is 4.82. The van der Waals surface area contributed by atoms with Gasteiger partial charge in [0, 0.05) is 19.6 Å². The van der Waals surface area contributed by atoms with E-state index >= 15 is 0 Å². The maximum Gasteiger partial charge on any atom is 0.573 e. The lowest BCUT2D eigenvalue weighted by Crippen LogP contribution is -2.53. The van der Waals surface area contributed by atoms with Crippen LogP contribution >= 0.6 is 0 Å². The Morgan fingerprint density at radius 2 is 2.10 bits per heavy atom. The molecule has 0 amide bonds. The van der Waals surface area contributed by atoms with Crippen LogP contribution in [-0.2, 0) is 16.7 Å². The molecule has 0 aliphatic carbocycles. The minimum absolute atomic E-state index is 0.167. The SMILES string of the molecule is Cc1cc(CN2CC(S(=O)(=O)O)C2)ncc1OC(F)(F)F. The number of hydrogen-bond acceptors (Lipinski definition) is 5. The summed E-state index contributed by atoms with van der Waals surface area (Å²) in [6.07, 6.45) is -3.79. The fourth-order valence-electron chi connectivity index (χ4n) is 1.99. The Bertz CT molecular complexity index is 627. The van der Waals surface area contributed by atoms with Crippen LogP contribution in [-0.4, -0.2) is 47.6 Å². The minimum Gasteiger partial charge on any atom is -0.404 e. The second-order valence-corrected chi connectivity index (χ2v) is 6.52. The predicted molar refractivity (Wildman–Crippen MR) is 66.3 cm³/mol. The van der Waals surface area contributed by atoms with Crippen molar-refractivity contribution in [2.24, 2.45) is 0 Å². The number of likely N-dealkylation sites (tertiary alicyclic amines) is 1. The smallest absolute Gasteiger partial charge is 0.404 e. The van der Waals surface area contributed by atoms with Gasteiger partial charge >= 0.3 is 6.36 Å². The monoisotopic (exact) mass is 326 g/mol. The molecule has 0 spiro atoms. The Balaban J connectivity index is 1.96. The van der Waals surface area contributed by atoms with Crippen LogP contribution in [0.15, 0.2) is 12.3 Å². The zero-order valence-electron chi connectivity index (χ0n) is 11.0. The van der Waals surface area contributed by atoms with Gasteiger partial charge in [0.15, 0.2) is 5.75 Å². The highest BCUT2D eigenvalue weighted by Crippen LogP contribution is 2.26. The molecule has 2 rings (SSSR count). The van der Waals surface area contributed by atoms with Crippen molar-refractivity contribution in [3.63, 3.8) is 0 Å². The molecule has 0 saturated carbocycles. The molecule has 1 N–H and O–H groups in total. The summed E-state index contributed by atoms with van der Waals surface area (Å²) in [6, 6.07) is 1.45. The van der Waals surface area contributed by atoms with Gasteiger partial charge in [-0.15, -0.1) is 13.2 Å². The standard InChI is InChI=1S/C11H13F3N2O4S/c1-7-2-8(15-3-10(7)20-11(12,13)14)4-16-5-9(6-16)21(17,18)19/h2-3,9H,4-6H2,1H3,(H,17,18,19). The number of hydrogen-bond donors (Lipinski definition) is 1. The average Bonchev–Trinajstić information content (AvgIpc) is 2.23. The molecule has 0 atom stereocenters. The number of pyridine rings is 1. The van der Waals surface area contributed by atoms with Crippen LogP contribution < -0.4 is 4.74 Å². The van der Waals surface area contributed by atoms with Crippen LogP contribution in [0.1, 0.15) is 11.3 Å². The molecule has 1 fully saturated rings. The number of alkyl halides is 3. The van der Waals surface area contributed by atoms with Crippen molar-refractivity contribution in [2.45, 2.75) is 25.1 Å². The molecule has 6 nitrogen and oxygen atoms in total. The van der Waals surface area contributed by atoms with E-state index < -0.39 is 21.7 Å². The molecular weight excluding hydrogens is 313 g/mol. The molecule has 0 radical (unpaired) electrons. The second kappa shape index (κ2) is 5.43. The van der Waals surface area contributed by atoms with E-state index in [0.29, 0.717) is 12.2 Å². The van der Waals surface area contributed by atoms with E-state index in [1.807, 2.05) is 0 Å². The number of aryl methyl sites for hydroxylation is 1.